The van der Waals surface area contributed by atoms with Gasteiger partial charge in [-0.1, -0.05) is 12.1 Å². The van der Waals surface area contributed by atoms with E-state index < -0.39 is 21.0 Å². The highest BCUT2D eigenvalue weighted by Crippen LogP contribution is 2.23. The Morgan fingerprint density at radius 1 is 1.11 bits per heavy atom. The van der Waals surface area contributed by atoms with Gasteiger partial charge < -0.3 is 10.2 Å². The van der Waals surface area contributed by atoms with E-state index in [9.17, 15) is 17.1 Å². The van der Waals surface area contributed by atoms with E-state index in [2.05, 4.69) is 5.32 Å². The molecule has 0 atom stereocenters. The van der Waals surface area contributed by atoms with Crippen LogP contribution in [0.25, 0.3) is 0 Å². The van der Waals surface area contributed by atoms with Gasteiger partial charge in [-0.15, -0.1) is 27.1 Å². The summed E-state index contributed by atoms with van der Waals surface area (Å²) in [6, 6.07) is 10.2. The quantitative estimate of drug-likeness (QED) is 0.501. The molecule has 0 bridgehead atoms. The number of nitrogens with one attached hydrogen (secondary N) is 1. The summed E-state index contributed by atoms with van der Waals surface area (Å²) in [4.78, 5) is 14.0. The second-order valence-corrected chi connectivity index (χ2v) is 7.89. The fourth-order valence-corrected chi connectivity index (χ4v) is 3.49. The molecular weight excluding hydrogens is 414 g/mol. The Morgan fingerprint density at radius 3 is 2.37 bits per heavy atom. The van der Waals surface area contributed by atoms with Crippen molar-refractivity contribution in [2.24, 2.45) is 0 Å². The Hall–Kier alpha value is -1.83. The molecule has 1 amide bonds. The van der Waals surface area contributed by atoms with E-state index in [0.717, 1.165) is 23.4 Å². The second kappa shape index (κ2) is 9.39. The number of carbonyl (C=O) groups is 1. The molecule has 2 aromatic rings. The molecule has 1 N–H and O–H groups in total. The lowest BCUT2D eigenvalue weighted by atomic mass is 10.1. The zero-order valence-corrected chi connectivity index (χ0v) is 16.9. The molecule has 0 spiro atoms. The fraction of sp³-hybridized carbons (Fsp3) is 0.278. The van der Waals surface area contributed by atoms with Gasteiger partial charge >= 0.3 is 10.2 Å². The Balaban J connectivity index is 2.28. The highest BCUT2D eigenvalue weighted by Gasteiger charge is 2.15. The van der Waals surface area contributed by atoms with Crippen molar-refractivity contribution in [2.45, 2.75) is 11.8 Å². The number of benzene rings is 2. The lowest BCUT2D eigenvalue weighted by molar-refractivity contribution is 0.102. The van der Waals surface area contributed by atoms with E-state index in [1.807, 2.05) is 17.9 Å². The molecule has 0 unspecified atom stereocenters. The van der Waals surface area contributed by atoms with E-state index in [1.54, 1.807) is 12.1 Å². The third-order valence-electron chi connectivity index (χ3n) is 3.89. The van der Waals surface area contributed by atoms with Crippen LogP contribution in [-0.2, 0) is 10.2 Å². The van der Waals surface area contributed by atoms with Crippen molar-refractivity contribution in [3.63, 3.8) is 0 Å². The predicted octanol–water partition coefficient (Wildman–Crippen LogP) is 4.19. The summed E-state index contributed by atoms with van der Waals surface area (Å²) in [6.07, 6.45) is 0. The topological polar surface area (TPSA) is 66.5 Å². The van der Waals surface area contributed by atoms with Crippen LogP contribution in [0.2, 0.25) is 0 Å². The molecule has 0 radical (unpaired) electrons. The number of anilines is 2. The molecule has 27 heavy (non-hydrogen) atoms. The van der Waals surface area contributed by atoms with Gasteiger partial charge in [0.1, 0.15) is 4.90 Å². The molecule has 0 saturated carbocycles. The number of halogens is 3. The maximum Gasteiger partial charge on any atom is 0.332 e. The number of aryl methyl sites for hydroxylation is 1. The van der Waals surface area contributed by atoms with Crippen molar-refractivity contribution < 1.29 is 17.1 Å². The molecule has 2 rings (SSSR count). The molecule has 0 aliphatic rings. The molecule has 146 valence electrons. The Morgan fingerprint density at radius 2 is 1.78 bits per heavy atom. The van der Waals surface area contributed by atoms with Crippen LogP contribution in [0.4, 0.5) is 15.3 Å². The SMILES string of the molecule is Cc1ccc(C(=O)Nc2cccc(S(=O)(=O)F)c2)cc1N(CCCl)CCCl. The van der Waals surface area contributed by atoms with Crippen molar-refractivity contribution in [2.75, 3.05) is 35.1 Å². The molecule has 5 nitrogen and oxygen atoms in total. The minimum absolute atomic E-state index is 0.180. The van der Waals surface area contributed by atoms with Crippen molar-refractivity contribution in [1.29, 1.82) is 0 Å². The summed E-state index contributed by atoms with van der Waals surface area (Å²) in [5.74, 6) is 0.385. The third kappa shape index (κ3) is 5.82. The number of rotatable bonds is 8. The number of hydrogen-bond acceptors (Lipinski definition) is 4. The first kappa shape index (κ1) is 21.5. The number of alkyl halides is 2. The van der Waals surface area contributed by atoms with Gasteiger partial charge in [0, 0.05) is 41.8 Å². The average Bonchev–Trinajstić information content (AvgIpc) is 2.61. The Labute approximate surface area is 168 Å². The van der Waals surface area contributed by atoms with E-state index in [4.69, 9.17) is 23.2 Å². The van der Waals surface area contributed by atoms with Gasteiger partial charge in [-0.25, -0.2) is 0 Å². The van der Waals surface area contributed by atoms with Crippen LogP contribution in [0.3, 0.4) is 0 Å². The largest absolute Gasteiger partial charge is 0.369 e. The lowest BCUT2D eigenvalue weighted by Crippen LogP contribution is -2.28. The predicted molar refractivity (Wildman–Crippen MR) is 108 cm³/mol. The van der Waals surface area contributed by atoms with Gasteiger partial charge in [-0.2, -0.15) is 8.42 Å². The number of carbonyl (C=O) groups excluding carboxylic acids is 1. The highest BCUT2D eigenvalue weighted by molar-refractivity contribution is 7.86. The molecule has 2 aromatic carbocycles. The zero-order valence-electron chi connectivity index (χ0n) is 14.6. The molecule has 9 heteroatoms. The molecule has 0 saturated heterocycles. The average molecular weight is 433 g/mol. The van der Waals surface area contributed by atoms with Crippen molar-refractivity contribution >= 4 is 50.7 Å². The Bertz CT molecular complexity index is 917. The highest BCUT2D eigenvalue weighted by atomic mass is 35.5. The molecule has 0 aromatic heterocycles. The summed E-state index contributed by atoms with van der Waals surface area (Å²) in [5.41, 5.74) is 2.36. The maximum absolute atomic E-state index is 13.1. The van der Waals surface area contributed by atoms with Gasteiger partial charge in [0.15, 0.2) is 0 Å². The van der Waals surface area contributed by atoms with Gasteiger partial charge in [-0.3, -0.25) is 4.79 Å². The Kier molecular flexibility index (Phi) is 7.47. The summed E-state index contributed by atoms with van der Waals surface area (Å²) < 4.78 is 35.2. The fourth-order valence-electron chi connectivity index (χ4n) is 2.58. The minimum atomic E-state index is -4.84. The van der Waals surface area contributed by atoms with Crippen LogP contribution in [0.1, 0.15) is 15.9 Å². The summed E-state index contributed by atoms with van der Waals surface area (Å²) in [7, 11) is -4.84. The first-order valence-corrected chi connectivity index (χ1v) is 10.5. The van der Waals surface area contributed by atoms with Gasteiger partial charge in [0.05, 0.1) is 0 Å². The van der Waals surface area contributed by atoms with Gasteiger partial charge in [0.25, 0.3) is 5.91 Å². The molecule has 0 aliphatic carbocycles. The van der Waals surface area contributed by atoms with Gasteiger partial charge in [-0.05, 0) is 42.8 Å². The van der Waals surface area contributed by atoms with E-state index >= 15 is 0 Å². The van der Waals surface area contributed by atoms with Crippen LogP contribution >= 0.6 is 23.2 Å². The van der Waals surface area contributed by atoms with Crippen LogP contribution in [0, 0.1) is 6.92 Å². The number of amides is 1. The number of nitrogens with zero attached hydrogens (tertiary/aromatic N) is 1. The molecular formula is C18H19Cl2FN2O3S. The zero-order chi connectivity index (χ0) is 20.0. The van der Waals surface area contributed by atoms with Crippen LogP contribution in [0.15, 0.2) is 47.4 Å². The van der Waals surface area contributed by atoms with Gasteiger partial charge in [0.2, 0.25) is 0 Å². The smallest absolute Gasteiger partial charge is 0.332 e. The molecule has 0 aliphatic heterocycles. The first-order valence-electron chi connectivity index (χ1n) is 8.10. The second-order valence-electron chi connectivity index (χ2n) is 5.79. The normalized spacial score (nSPS) is 11.3. The summed E-state index contributed by atoms with van der Waals surface area (Å²) in [6.45, 7) is 3.08. The molecule has 0 heterocycles. The monoisotopic (exact) mass is 432 g/mol. The van der Waals surface area contributed by atoms with Crippen molar-refractivity contribution in [3.8, 4) is 0 Å². The summed E-state index contributed by atoms with van der Waals surface area (Å²) >= 11 is 11.7. The van der Waals surface area contributed by atoms with E-state index in [0.29, 0.717) is 30.4 Å². The van der Waals surface area contributed by atoms with Crippen molar-refractivity contribution in [3.05, 3.63) is 53.6 Å². The van der Waals surface area contributed by atoms with E-state index in [-0.39, 0.29) is 5.69 Å². The third-order valence-corrected chi connectivity index (χ3v) is 5.05. The lowest BCUT2D eigenvalue weighted by Gasteiger charge is -2.25. The first-order chi connectivity index (χ1) is 12.8. The maximum atomic E-state index is 13.1. The van der Waals surface area contributed by atoms with Crippen molar-refractivity contribution in [1.82, 2.24) is 0 Å². The standard InChI is InChI=1S/C18H19Cl2FN2O3S/c1-13-5-6-14(11-17(13)23(9-7-19)10-8-20)18(24)22-15-3-2-4-16(12-15)27(21,25)26/h2-6,11-12H,7-10H2,1H3,(H,22,24). The molecule has 0 fully saturated rings. The van der Waals surface area contributed by atoms with Crippen LogP contribution in [-0.4, -0.2) is 39.2 Å². The van der Waals surface area contributed by atoms with E-state index in [1.165, 1.54) is 12.1 Å². The minimum Gasteiger partial charge on any atom is -0.369 e. The summed E-state index contributed by atoms with van der Waals surface area (Å²) in [5, 5.41) is 2.58. The number of hydrogen-bond donors (Lipinski definition) is 1. The van der Waals surface area contributed by atoms with Crippen LogP contribution in [0.5, 0.6) is 0 Å². The van der Waals surface area contributed by atoms with Crippen LogP contribution < -0.4 is 10.2 Å².